The van der Waals surface area contributed by atoms with Crippen LogP contribution < -0.4 is 5.32 Å². The normalized spacial score (nSPS) is 16.4. The summed E-state index contributed by atoms with van der Waals surface area (Å²) in [6, 6.07) is 8.84. The Kier molecular flexibility index (Phi) is 5.60. The van der Waals surface area contributed by atoms with Gasteiger partial charge in [0.25, 0.3) is 0 Å². The Morgan fingerprint density at radius 1 is 1.25 bits per heavy atom. The highest BCUT2D eigenvalue weighted by Crippen LogP contribution is 2.24. The van der Waals surface area contributed by atoms with E-state index in [1.54, 1.807) is 0 Å². The van der Waals surface area contributed by atoms with Crippen molar-refractivity contribution in [2.75, 3.05) is 12.4 Å². The maximum atomic E-state index is 11.6. The largest absolute Gasteiger partial charge is 0.326 e. The molecule has 1 aliphatic carbocycles. The molecular formula is C17H26N2O. The minimum absolute atomic E-state index is 0.0813. The van der Waals surface area contributed by atoms with E-state index in [9.17, 15) is 4.79 Å². The van der Waals surface area contributed by atoms with E-state index in [0.29, 0.717) is 12.5 Å². The lowest BCUT2D eigenvalue weighted by Gasteiger charge is -2.31. The molecule has 0 radical (unpaired) electrons. The molecule has 0 atom stereocenters. The first-order valence-electron chi connectivity index (χ1n) is 7.78. The third kappa shape index (κ3) is 4.07. The highest BCUT2D eigenvalue weighted by atomic mass is 16.1. The highest BCUT2D eigenvalue weighted by molar-refractivity contribution is 5.91. The summed E-state index contributed by atoms with van der Waals surface area (Å²) in [7, 11) is 2.20. The van der Waals surface area contributed by atoms with E-state index in [0.717, 1.165) is 12.2 Å². The Balaban J connectivity index is 2.02. The second kappa shape index (κ2) is 7.44. The minimum atomic E-state index is 0.0813. The van der Waals surface area contributed by atoms with Crippen molar-refractivity contribution < 1.29 is 4.79 Å². The van der Waals surface area contributed by atoms with Crippen molar-refractivity contribution in [1.82, 2.24) is 4.90 Å². The first kappa shape index (κ1) is 15.0. The lowest BCUT2D eigenvalue weighted by molar-refractivity contribution is -0.115. The predicted molar refractivity (Wildman–Crippen MR) is 83.7 cm³/mol. The molecule has 2 rings (SSSR count). The SMILES string of the molecule is CCC(=O)Nc1ccccc1CN(C)C1CCCCC1. The Morgan fingerprint density at radius 3 is 2.65 bits per heavy atom. The average Bonchev–Trinajstić information content (AvgIpc) is 2.50. The summed E-state index contributed by atoms with van der Waals surface area (Å²) < 4.78 is 0. The molecule has 0 bridgehead atoms. The molecule has 0 heterocycles. The number of amides is 1. The topological polar surface area (TPSA) is 32.3 Å². The van der Waals surface area contributed by atoms with Gasteiger partial charge in [0.2, 0.25) is 5.91 Å². The zero-order chi connectivity index (χ0) is 14.4. The zero-order valence-corrected chi connectivity index (χ0v) is 12.7. The van der Waals surface area contributed by atoms with E-state index in [4.69, 9.17) is 0 Å². The summed E-state index contributed by atoms with van der Waals surface area (Å²) in [6.45, 7) is 2.79. The van der Waals surface area contributed by atoms with E-state index < -0.39 is 0 Å². The Morgan fingerprint density at radius 2 is 1.95 bits per heavy atom. The molecule has 0 aliphatic heterocycles. The van der Waals surface area contributed by atoms with Crippen LogP contribution in [0.3, 0.4) is 0 Å². The number of nitrogens with one attached hydrogen (secondary N) is 1. The van der Waals surface area contributed by atoms with Crippen LogP contribution >= 0.6 is 0 Å². The molecule has 1 aromatic rings. The highest BCUT2D eigenvalue weighted by Gasteiger charge is 2.18. The minimum Gasteiger partial charge on any atom is -0.326 e. The van der Waals surface area contributed by atoms with Gasteiger partial charge in [0.1, 0.15) is 0 Å². The quantitative estimate of drug-likeness (QED) is 0.885. The zero-order valence-electron chi connectivity index (χ0n) is 12.7. The van der Waals surface area contributed by atoms with Crippen LogP contribution in [-0.4, -0.2) is 23.9 Å². The number of anilines is 1. The molecule has 1 amide bonds. The summed E-state index contributed by atoms with van der Waals surface area (Å²) >= 11 is 0. The second-order valence-electron chi connectivity index (χ2n) is 5.77. The standard InChI is InChI=1S/C17H26N2O/c1-3-17(20)18-16-12-8-7-9-14(16)13-19(2)15-10-5-4-6-11-15/h7-9,12,15H,3-6,10-11,13H2,1-2H3,(H,18,20). The number of carbonyl (C=O) groups excluding carboxylic acids is 1. The maximum absolute atomic E-state index is 11.6. The third-order valence-corrected chi connectivity index (χ3v) is 4.23. The van der Waals surface area contributed by atoms with Crippen molar-refractivity contribution in [2.24, 2.45) is 0 Å². The number of hydrogen-bond donors (Lipinski definition) is 1. The van der Waals surface area contributed by atoms with Crippen molar-refractivity contribution in [2.45, 2.75) is 58.0 Å². The van der Waals surface area contributed by atoms with Gasteiger partial charge in [-0.1, -0.05) is 44.4 Å². The number of benzene rings is 1. The van der Waals surface area contributed by atoms with Crippen LogP contribution in [0.4, 0.5) is 5.69 Å². The van der Waals surface area contributed by atoms with E-state index in [1.165, 1.54) is 37.7 Å². The van der Waals surface area contributed by atoms with Gasteiger partial charge in [0.15, 0.2) is 0 Å². The van der Waals surface area contributed by atoms with Gasteiger partial charge in [-0.2, -0.15) is 0 Å². The summed E-state index contributed by atoms with van der Waals surface area (Å²) in [5.41, 5.74) is 2.17. The average molecular weight is 274 g/mol. The van der Waals surface area contributed by atoms with Crippen LogP contribution in [0.1, 0.15) is 51.0 Å². The number of nitrogens with zero attached hydrogens (tertiary/aromatic N) is 1. The van der Waals surface area contributed by atoms with E-state index in [2.05, 4.69) is 23.3 Å². The molecule has 1 N–H and O–H groups in total. The van der Waals surface area contributed by atoms with Gasteiger partial charge in [0, 0.05) is 24.7 Å². The molecule has 3 nitrogen and oxygen atoms in total. The van der Waals surface area contributed by atoms with Gasteiger partial charge < -0.3 is 5.32 Å². The lowest BCUT2D eigenvalue weighted by Crippen LogP contribution is -2.33. The molecule has 0 saturated heterocycles. The van der Waals surface area contributed by atoms with Crippen molar-refractivity contribution in [3.05, 3.63) is 29.8 Å². The van der Waals surface area contributed by atoms with Crippen molar-refractivity contribution in [3.63, 3.8) is 0 Å². The van der Waals surface area contributed by atoms with Crippen molar-refractivity contribution >= 4 is 11.6 Å². The summed E-state index contributed by atoms with van der Waals surface area (Å²) in [4.78, 5) is 14.0. The van der Waals surface area contributed by atoms with E-state index in [-0.39, 0.29) is 5.91 Å². The van der Waals surface area contributed by atoms with Gasteiger partial charge >= 0.3 is 0 Å². The monoisotopic (exact) mass is 274 g/mol. The summed E-state index contributed by atoms with van der Waals surface area (Å²) in [5, 5.41) is 3.00. The third-order valence-electron chi connectivity index (χ3n) is 4.23. The first-order chi connectivity index (χ1) is 9.70. The van der Waals surface area contributed by atoms with Gasteiger partial charge in [-0.15, -0.1) is 0 Å². The lowest BCUT2D eigenvalue weighted by atomic mass is 9.94. The first-order valence-corrected chi connectivity index (χ1v) is 7.78. The van der Waals surface area contributed by atoms with E-state index >= 15 is 0 Å². The molecule has 1 saturated carbocycles. The summed E-state index contributed by atoms with van der Waals surface area (Å²) in [6.07, 6.45) is 7.21. The van der Waals surface area contributed by atoms with Gasteiger partial charge in [-0.05, 0) is 31.5 Å². The Bertz CT molecular complexity index is 438. The van der Waals surface area contributed by atoms with Gasteiger partial charge in [0.05, 0.1) is 0 Å². The summed E-state index contributed by atoms with van der Waals surface area (Å²) in [5.74, 6) is 0.0813. The molecule has 0 aromatic heterocycles. The Labute approximate surface area is 122 Å². The molecule has 3 heteroatoms. The molecule has 1 fully saturated rings. The fourth-order valence-corrected chi connectivity index (χ4v) is 2.94. The van der Waals surface area contributed by atoms with Crippen molar-refractivity contribution in [1.29, 1.82) is 0 Å². The molecule has 110 valence electrons. The van der Waals surface area contributed by atoms with Crippen LogP contribution in [0.15, 0.2) is 24.3 Å². The molecule has 1 aliphatic rings. The smallest absolute Gasteiger partial charge is 0.224 e. The van der Waals surface area contributed by atoms with Crippen molar-refractivity contribution in [3.8, 4) is 0 Å². The van der Waals surface area contributed by atoms with Gasteiger partial charge in [-0.3, -0.25) is 9.69 Å². The van der Waals surface area contributed by atoms with Crippen LogP contribution in [0.2, 0.25) is 0 Å². The Hall–Kier alpha value is -1.35. The van der Waals surface area contributed by atoms with Crippen LogP contribution in [0, 0.1) is 0 Å². The molecule has 0 unspecified atom stereocenters. The van der Waals surface area contributed by atoms with E-state index in [1.807, 2.05) is 25.1 Å². The number of carbonyl (C=O) groups is 1. The van der Waals surface area contributed by atoms with Gasteiger partial charge in [-0.25, -0.2) is 0 Å². The number of hydrogen-bond acceptors (Lipinski definition) is 2. The number of para-hydroxylation sites is 1. The molecule has 1 aromatic carbocycles. The number of rotatable bonds is 5. The van der Waals surface area contributed by atoms with Crippen LogP contribution in [0.25, 0.3) is 0 Å². The van der Waals surface area contributed by atoms with Crippen LogP contribution in [-0.2, 0) is 11.3 Å². The molecule has 20 heavy (non-hydrogen) atoms. The fourth-order valence-electron chi connectivity index (χ4n) is 2.94. The molecular weight excluding hydrogens is 248 g/mol. The fraction of sp³-hybridized carbons (Fsp3) is 0.588. The predicted octanol–water partition coefficient (Wildman–Crippen LogP) is 3.80. The maximum Gasteiger partial charge on any atom is 0.224 e. The second-order valence-corrected chi connectivity index (χ2v) is 5.77. The molecule has 0 spiro atoms. The van der Waals surface area contributed by atoms with Crippen LogP contribution in [0.5, 0.6) is 0 Å².